The second-order valence-corrected chi connectivity index (χ2v) is 11.2. The number of rotatable bonds is 10. The molecule has 0 N–H and O–H groups in total. The van der Waals surface area contributed by atoms with Crippen LogP contribution in [0.4, 0.5) is 0 Å². The number of hydrogen-bond acceptors (Lipinski definition) is 8. The maximum atomic E-state index is 13.4. The summed E-state index contributed by atoms with van der Waals surface area (Å²) in [5.74, 6) is 1.19. The first-order valence-electron chi connectivity index (χ1n) is 11.9. The molecule has 2 aromatic carbocycles. The second-order valence-electron chi connectivity index (χ2n) is 8.31. The van der Waals surface area contributed by atoms with Crippen molar-refractivity contribution in [2.45, 2.75) is 37.2 Å². The van der Waals surface area contributed by atoms with Crippen molar-refractivity contribution in [3.05, 3.63) is 41.2 Å². The standard InChI is InChI=1S/C25H31N3O7S2/c1-5-35-14-13-27-20-15-21(33-3)22(34-4)16-23(20)36-25(27)26-24(29)19-7-6-12-28(19)37(30,31)18-10-8-17(32-2)9-11-18/h8-11,15-16,19H,5-7,12-14H2,1-4H3. The lowest BCUT2D eigenvalue weighted by molar-refractivity contribution is -0.121. The normalized spacial score (nSPS) is 16.9. The van der Waals surface area contributed by atoms with Gasteiger partial charge in [0.1, 0.15) is 11.8 Å². The fourth-order valence-corrected chi connectivity index (χ4v) is 7.05. The minimum atomic E-state index is -3.88. The summed E-state index contributed by atoms with van der Waals surface area (Å²) in [6.45, 7) is 3.63. The Morgan fingerprint density at radius 1 is 1.08 bits per heavy atom. The zero-order valence-corrected chi connectivity index (χ0v) is 22.9. The number of sulfonamides is 1. The van der Waals surface area contributed by atoms with E-state index in [2.05, 4.69) is 4.99 Å². The van der Waals surface area contributed by atoms with Gasteiger partial charge in [-0.2, -0.15) is 9.30 Å². The van der Waals surface area contributed by atoms with E-state index in [-0.39, 0.29) is 11.4 Å². The third-order valence-electron chi connectivity index (χ3n) is 6.21. The third-order valence-corrected chi connectivity index (χ3v) is 9.18. The Labute approximate surface area is 220 Å². The van der Waals surface area contributed by atoms with Crippen LogP contribution >= 0.6 is 11.3 Å². The Kier molecular flexibility index (Phi) is 8.53. The second kappa shape index (κ2) is 11.6. The Morgan fingerprint density at radius 2 is 1.78 bits per heavy atom. The van der Waals surface area contributed by atoms with Crippen LogP contribution in [0.25, 0.3) is 10.2 Å². The quantitative estimate of drug-likeness (QED) is 0.358. The van der Waals surface area contributed by atoms with Crippen LogP contribution in [0.2, 0.25) is 0 Å². The monoisotopic (exact) mass is 549 g/mol. The van der Waals surface area contributed by atoms with E-state index in [4.69, 9.17) is 18.9 Å². The van der Waals surface area contributed by atoms with Crippen LogP contribution in [0.3, 0.4) is 0 Å². The number of fused-ring (bicyclic) bond motifs is 1. The van der Waals surface area contributed by atoms with Gasteiger partial charge in [0.2, 0.25) is 10.0 Å². The van der Waals surface area contributed by atoms with Crippen LogP contribution in [-0.4, -0.2) is 70.3 Å². The molecule has 0 bridgehead atoms. The van der Waals surface area contributed by atoms with E-state index < -0.39 is 22.0 Å². The number of amides is 1. The highest BCUT2D eigenvalue weighted by atomic mass is 32.2. The molecule has 2 heterocycles. The van der Waals surface area contributed by atoms with Crippen LogP contribution < -0.4 is 19.0 Å². The Morgan fingerprint density at radius 3 is 2.43 bits per heavy atom. The van der Waals surface area contributed by atoms with Gasteiger partial charge in [-0.05, 0) is 44.0 Å². The molecule has 1 unspecified atom stereocenters. The number of carbonyl (C=O) groups is 1. The molecule has 10 nitrogen and oxygen atoms in total. The average Bonchev–Trinajstić information content (AvgIpc) is 3.53. The maximum absolute atomic E-state index is 13.4. The van der Waals surface area contributed by atoms with Crippen molar-refractivity contribution in [2.24, 2.45) is 4.99 Å². The first kappa shape index (κ1) is 27.1. The molecule has 0 spiro atoms. The number of methoxy groups -OCH3 is 3. The number of thiazole rings is 1. The van der Waals surface area contributed by atoms with Gasteiger partial charge in [0.15, 0.2) is 16.3 Å². The van der Waals surface area contributed by atoms with Crippen molar-refractivity contribution in [1.29, 1.82) is 0 Å². The molecule has 1 fully saturated rings. The molecule has 0 saturated carbocycles. The van der Waals surface area contributed by atoms with Crippen LogP contribution in [0.15, 0.2) is 46.3 Å². The highest BCUT2D eigenvalue weighted by Crippen LogP contribution is 2.33. The first-order valence-corrected chi connectivity index (χ1v) is 14.2. The molecule has 1 amide bonds. The number of hydrogen-bond donors (Lipinski definition) is 0. The largest absolute Gasteiger partial charge is 0.497 e. The SMILES string of the molecule is CCOCCn1c(=NC(=O)C2CCCN2S(=O)(=O)c2ccc(OC)cc2)sc2cc(OC)c(OC)cc21. The molecule has 37 heavy (non-hydrogen) atoms. The highest BCUT2D eigenvalue weighted by Gasteiger charge is 2.39. The third kappa shape index (κ3) is 5.52. The minimum Gasteiger partial charge on any atom is -0.497 e. The summed E-state index contributed by atoms with van der Waals surface area (Å²) in [6, 6.07) is 8.96. The summed E-state index contributed by atoms with van der Waals surface area (Å²) in [5, 5.41) is 0. The summed E-state index contributed by atoms with van der Waals surface area (Å²) in [6.07, 6.45) is 0.982. The van der Waals surface area contributed by atoms with Gasteiger partial charge in [0.05, 0.1) is 43.0 Å². The predicted molar refractivity (Wildman–Crippen MR) is 140 cm³/mol. The van der Waals surface area contributed by atoms with Gasteiger partial charge >= 0.3 is 0 Å². The van der Waals surface area contributed by atoms with Crippen LogP contribution in [0, 0.1) is 0 Å². The number of nitrogens with zero attached hydrogens (tertiary/aromatic N) is 3. The molecule has 0 aliphatic carbocycles. The molecule has 3 aromatic rings. The fraction of sp³-hybridized carbons (Fsp3) is 0.440. The Bertz CT molecular complexity index is 1430. The van der Waals surface area contributed by atoms with Crippen molar-refractivity contribution in [3.63, 3.8) is 0 Å². The number of aromatic nitrogens is 1. The van der Waals surface area contributed by atoms with Crippen molar-refractivity contribution in [2.75, 3.05) is 41.1 Å². The molecule has 12 heteroatoms. The minimum absolute atomic E-state index is 0.112. The predicted octanol–water partition coefficient (Wildman–Crippen LogP) is 3.05. The van der Waals surface area contributed by atoms with E-state index in [1.54, 1.807) is 26.4 Å². The van der Waals surface area contributed by atoms with E-state index in [0.29, 0.717) is 54.7 Å². The first-order chi connectivity index (χ1) is 17.8. The van der Waals surface area contributed by atoms with Gasteiger partial charge in [-0.15, -0.1) is 0 Å². The Balaban J connectivity index is 1.72. The maximum Gasteiger partial charge on any atom is 0.266 e. The zero-order chi connectivity index (χ0) is 26.6. The van der Waals surface area contributed by atoms with E-state index in [9.17, 15) is 13.2 Å². The van der Waals surface area contributed by atoms with E-state index in [0.717, 1.165) is 10.2 Å². The van der Waals surface area contributed by atoms with Gasteiger partial charge in [0.25, 0.3) is 5.91 Å². The average molecular weight is 550 g/mol. The molecule has 200 valence electrons. The van der Waals surface area contributed by atoms with Crippen molar-refractivity contribution < 1.29 is 32.2 Å². The van der Waals surface area contributed by atoms with Crippen molar-refractivity contribution in [3.8, 4) is 17.2 Å². The fourth-order valence-electron chi connectivity index (χ4n) is 4.32. The number of ether oxygens (including phenoxy) is 4. The topological polar surface area (TPSA) is 109 Å². The van der Waals surface area contributed by atoms with Crippen molar-refractivity contribution in [1.82, 2.24) is 8.87 Å². The lowest BCUT2D eigenvalue weighted by Gasteiger charge is -2.21. The summed E-state index contributed by atoms with van der Waals surface area (Å²) in [5.41, 5.74) is 0.822. The smallest absolute Gasteiger partial charge is 0.266 e. The van der Waals surface area contributed by atoms with Gasteiger partial charge < -0.3 is 23.5 Å². The summed E-state index contributed by atoms with van der Waals surface area (Å²) >= 11 is 1.33. The molecule has 1 saturated heterocycles. The molecule has 0 radical (unpaired) electrons. The summed E-state index contributed by atoms with van der Waals surface area (Å²) in [4.78, 5) is 18.4. The van der Waals surface area contributed by atoms with Gasteiger partial charge in [0, 0.05) is 31.8 Å². The van der Waals surface area contributed by atoms with Crippen LogP contribution in [0.5, 0.6) is 17.2 Å². The van der Waals surface area contributed by atoms with Crippen molar-refractivity contribution >= 4 is 37.5 Å². The summed E-state index contributed by atoms with van der Waals surface area (Å²) in [7, 11) is 0.760. The van der Waals surface area contributed by atoms with E-state index in [1.165, 1.54) is 34.9 Å². The van der Waals surface area contributed by atoms with Crippen LogP contribution in [-0.2, 0) is 26.1 Å². The highest BCUT2D eigenvalue weighted by molar-refractivity contribution is 7.89. The van der Waals surface area contributed by atoms with Gasteiger partial charge in [-0.25, -0.2) is 8.42 Å². The number of carbonyl (C=O) groups excluding carboxylic acids is 1. The molecule has 4 rings (SSSR count). The van der Waals surface area contributed by atoms with Gasteiger partial charge in [-0.3, -0.25) is 4.79 Å². The molecule has 1 aliphatic heterocycles. The Hall–Kier alpha value is -2.93. The zero-order valence-electron chi connectivity index (χ0n) is 21.3. The molecular weight excluding hydrogens is 518 g/mol. The van der Waals surface area contributed by atoms with E-state index >= 15 is 0 Å². The lowest BCUT2D eigenvalue weighted by atomic mass is 10.2. The van der Waals surface area contributed by atoms with Gasteiger partial charge in [-0.1, -0.05) is 11.3 Å². The molecular formula is C25H31N3O7S2. The lowest BCUT2D eigenvalue weighted by Crippen LogP contribution is -2.40. The molecule has 1 aromatic heterocycles. The van der Waals surface area contributed by atoms with E-state index in [1.807, 2.05) is 23.6 Å². The molecule has 1 atom stereocenters. The molecule has 1 aliphatic rings. The number of benzene rings is 2. The summed E-state index contributed by atoms with van der Waals surface area (Å²) < 4.78 is 52.3. The van der Waals surface area contributed by atoms with Crippen LogP contribution in [0.1, 0.15) is 19.8 Å².